The molecule has 0 saturated carbocycles. The number of rotatable bonds is 12. The van der Waals surface area contributed by atoms with Gasteiger partial charge >= 0.3 is 23.9 Å². The Morgan fingerprint density at radius 2 is 1.13 bits per heavy atom. The van der Waals surface area contributed by atoms with E-state index in [1.54, 1.807) is 6.92 Å². The third-order valence-electron chi connectivity index (χ3n) is 3.56. The SMILES string of the molecule is CC(=O)O.CCC(O)C(=O)O.CCCC(O)C(=O)O.C[N+](C)(C)CCO.O=C(O)CC(O)(CC(=O)O)C(=O)[O-]. The van der Waals surface area contributed by atoms with Crippen LogP contribution in [0.2, 0.25) is 0 Å². The summed E-state index contributed by atoms with van der Waals surface area (Å²) in [4.78, 5) is 58.8. The van der Waals surface area contributed by atoms with Gasteiger partial charge in [0, 0.05) is 6.92 Å². The molecule has 17 nitrogen and oxygen atoms in total. The molecule has 0 spiro atoms. The van der Waals surface area contributed by atoms with Crippen LogP contribution in [0.3, 0.4) is 0 Å². The molecule has 0 aliphatic carbocycles. The molecule has 0 radical (unpaired) electrons. The van der Waals surface area contributed by atoms with E-state index >= 15 is 0 Å². The molecule has 9 N–H and O–H groups in total. The van der Waals surface area contributed by atoms with Gasteiger partial charge in [-0.3, -0.25) is 14.4 Å². The van der Waals surface area contributed by atoms with Crippen LogP contribution in [0.15, 0.2) is 0 Å². The van der Waals surface area contributed by atoms with E-state index in [0.29, 0.717) is 12.8 Å². The lowest BCUT2D eigenvalue weighted by atomic mass is 9.96. The summed E-state index contributed by atoms with van der Waals surface area (Å²) in [5.74, 6) is -8.47. The summed E-state index contributed by atoms with van der Waals surface area (Å²) in [7, 11) is 6.16. The van der Waals surface area contributed by atoms with E-state index in [4.69, 9.17) is 50.8 Å². The maximum Gasteiger partial charge on any atom is 0.332 e. The zero-order chi connectivity index (χ0) is 32.6. The summed E-state index contributed by atoms with van der Waals surface area (Å²) in [6, 6.07) is 0. The zero-order valence-electron chi connectivity index (χ0n) is 22.9. The number of carbonyl (C=O) groups excluding carboxylic acids is 1. The van der Waals surface area contributed by atoms with Crippen LogP contribution >= 0.6 is 0 Å². The number of aliphatic hydroxyl groups is 4. The molecular formula is C22H43NO16. The van der Waals surface area contributed by atoms with E-state index in [9.17, 15) is 29.1 Å². The Morgan fingerprint density at radius 1 is 0.795 bits per heavy atom. The van der Waals surface area contributed by atoms with E-state index in [2.05, 4.69) is 21.1 Å². The Labute approximate surface area is 225 Å². The van der Waals surface area contributed by atoms with Gasteiger partial charge in [-0.15, -0.1) is 0 Å². The number of carboxylic acids is 6. The number of likely N-dealkylation sites (N-methyl/N-ethyl adjacent to an activating group) is 1. The number of quaternary nitrogens is 1. The fourth-order valence-corrected chi connectivity index (χ4v) is 1.58. The normalized spacial score (nSPS) is 11.5. The van der Waals surface area contributed by atoms with Crippen molar-refractivity contribution < 1.29 is 84.3 Å². The fraction of sp³-hybridized carbons (Fsp3) is 0.727. The standard InChI is InChI=1S/C6H8O7.C5H14NO.C5H10O3.C4H8O3.C2H4O2/c7-3(8)1-6(13,5(11)12)2-4(9)10;1-6(2,3)4-5-7;1-2-3-4(6)5(7)8;1-2-3(5)4(6)7;1-2(3)4/h13H,1-2H2,(H,7,8)(H,9,10)(H,11,12);7H,4-5H2,1-3H3;4,6H,2-3H2,1H3,(H,7,8);3,5H,2H2,1H3,(H,6,7);1H3,(H,3,4)/q;+1;;;/p-1. The van der Waals surface area contributed by atoms with Crippen LogP contribution in [-0.2, 0) is 28.8 Å². The number of carbonyl (C=O) groups is 6. The van der Waals surface area contributed by atoms with Crippen molar-refractivity contribution in [3.05, 3.63) is 0 Å². The minimum Gasteiger partial charge on any atom is -0.547 e. The molecule has 17 heteroatoms. The van der Waals surface area contributed by atoms with Crippen molar-refractivity contribution in [3.8, 4) is 0 Å². The van der Waals surface area contributed by atoms with Crippen molar-refractivity contribution in [3.63, 3.8) is 0 Å². The second kappa shape index (κ2) is 24.9. The summed E-state index contributed by atoms with van der Waals surface area (Å²) < 4.78 is 0.844. The van der Waals surface area contributed by atoms with Gasteiger partial charge in [-0.2, -0.15) is 0 Å². The van der Waals surface area contributed by atoms with E-state index in [-0.39, 0.29) is 13.0 Å². The van der Waals surface area contributed by atoms with Crippen molar-refractivity contribution in [2.75, 3.05) is 34.3 Å². The van der Waals surface area contributed by atoms with Gasteiger partial charge in [0.1, 0.15) is 12.1 Å². The molecule has 0 amide bonds. The van der Waals surface area contributed by atoms with Crippen LogP contribution in [0.25, 0.3) is 0 Å². The van der Waals surface area contributed by atoms with Crippen molar-refractivity contribution in [2.24, 2.45) is 0 Å². The maximum absolute atomic E-state index is 10.2. The fourth-order valence-electron chi connectivity index (χ4n) is 1.58. The van der Waals surface area contributed by atoms with Crippen LogP contribution in [0.1, 0.15) is 52.9 Å². The van der Waals surface area contributed by atoms with E-state index in [0.717, 1.165) is 18.0 Å². The molecule has 2 unspecified atom stereocenters. The maximum atomic E-state index is 10.2. The Hall–Kier alpha value is -3.38. The molecular weight excluding hydrogens is 534 g/mol. The molecule has 0 rings (SSSR count). The highest BCUT2D eigenvalue weighted by Gasteiger charge is 2.34. The number of aliphatic hydroxyl groups excluding tert-OH is 3. The monoisotopic (exact) mass is 577 g/mol. The van der Waals surface area contributed by atoms with Crippen molar-refractivity contribution in [1.82, 2.24) is 0 Å². The van der Waals surface area contributed by atoms with Gasteiger partial charge in [0.05, 0.1) is 46.6 Å². The van der Waals surface area contributed by atoms with Crippen LogP contribution in [0.4, 0.5) is 0 Å². The molecule has 39 heavy (non-hydrogen) atoms. The molecule has 0 aliphatic rings. The largest absolute Gasteiger partial charge is 0.547 e. The predicted octanol–water partition coefficient (Wildman–Crippen LogP) is -2.73. The highest BCUT2D eigenvalue weighted by Crippen LogP contribution is 2.14. The highest BCUT2D eigenvalue weighted by molar-refractivity contribution is 5.86. The van der Waals surface area contributed by atoms with Gasteiger partial charge in [0.25, 0.3) is 5.97 Å². The van der Waals surface area contributed by atoms with E-state index < -0.39 is 66.5 Å². The van der Waals surface area contributed by atoms with Gasteiger partial charge in [-0.05, 0) is 12.8 Å². The first-order valence-electron chi connectivity index (χ1n) is 11.2. The van der Waals surface area contributed by atoms with Gasteiger partial charge in [-0.25, -0.2) is 9.59 Å². The number of nitrogens with zero attached hydrogens (tertiary/aromatic N) is 1. The summed E-state index contributed by atoms with van der Waals surface area (Å²) in [5.41, 5.74) is -2.85. The molecule has 0 aliphatic heterocycles. The number of hydrogen-bond acceptors (Lipinski definition) is 11. The first-order valence-corrected chi connectivity index (χ1v) is 11.2. The first-order chi connectivity index (χ1) is 17.4. The molecule has 0 aromatic rings. The van der Waals surface area contributed by atoms with Gasteiger partial charge in [-0.1, -0.05) is 20.3 Å². The summed E-state index contributed by atoms with van der Waals surface area (Å²) in [6.45, 7) is 5.63. The van der Waals surface area contributed by atoms with Gasteiger partial charge in [0.15, 0.2) is 12.2 Å². The first kappa shape index (κ1) is 45.5. The van der Waals surface area contributed by atoms with Crippen LogP contribution < -0.4 is 5.11 Å². The minimum absolute atomic E-state index is 0.273. The third kappa shape index (κ3) is 42.0. The summed E-state index contributed by atoms with van der Waals surface area (Å²) in [6.07, 6.45) is -3.44. The second-order valence-corrected chi connectivity index (χ2v) is 8.62. The molecule has 0 heterocycles. The Bertz CT molecular complexity index is 712. The lowest BCUT2D eigenvalue weighted by Crippen LogP contribution is -2.51. The quantitative estimate of drug-likeness (QED) is 0.106. The molecule has 2 atom stereocenters. The number of aliphatic carboxylic acids is 6. The van der Waals surface area contributed by atoms with Crippen molar-refractivity contribution in [1.29, 1.82) is 0 Å². The summed E-state index contributed by atoms with van der Waals surface area (Å²) >= 11 is 0. The molecule has 0 fully saturated rings. The van der Waals surface area contributed by atoms with Crippen LogP contribution in [0.5, 0.6) is 0 Å². The lowest BCUT2D eigenvalue weighted by molar-refractivity contribution is -0.870. The van der Waals surface area contributed by atoms with Crippen molar-refractivity contribution >= 4 is 35.8 Å². The van der Waals surface area contributed by atoms with Crippen LogP contribution in [0, 0.1) is 0 Å². The molecule has 0 saturated heterocycles. The topological polar surface area (TPSA) is 308 Å². The van der Waals surface area contributed by atoms with Crippen molar-refractivity contribution in [2.45, 2.75) is 70.7 Å². The Morgan fingerprint density at radius 3 is 1.21 bits per heavy atom. The average Bonchev–Trinajstić information content (AvgIpc) is 2.72. The smallest absolute Gasteiger partial charge is 0.332 e. The molecule has 0 aromatic heterocycles. The zero-order valence-corrected chi connectivity index (χ0v) is 22.9. The van der Waals surface area contributed by atoms with E-state index in [1.807, 2.05) is 6.92 Å². The number of hydrogen-bond donors (Lipinski definition) is 9. The number of carboxylic acid groups (broad SMARTS) is 6. The predicted molar refractivity (Wildman–Crippen MR) is 130 cm³/mol. The minimum atomic E-state index is -2.85. The molecule has 232 valence electrons. The molecule has 0 bridgehead atoms. The van der Waals surface area contributed by atoms with Gasteiger partial charge in [0.2, 0.25) is 0 Å². The second-order valence-electron chi connectivity index (χ2n) is 8.62. The Kier molecular flexibility index (Phi) is 29.1. The van der Waals surface area contributed by atoms with Gasteiger partial charge < -0.3 is 60.3 Å². The lowest BCUT2D eigenvalue weighted by Gasteiger charge is -2.25. The highest BCUT2D eigenvalue weighted by atomic mass is 16.4. The summed E-state index contributed by atoms with van der Waals surface area (Å²) in [5, 5.41) is 84.2. The average molecular weight is 578 g/mol. The molecule has 0 aromatic carbocycles. The third-order valence-corrected chi connectivity index (χ3v) is 3.56. The van der Waals surface area contributed by atoms with Crippen LogP contribution in [-0.4, -0.2) is 138 Å². The van der Waals surface area contributed by atoms with E-state index in [1.165, 1.54) is 0 Å². The Balaban J connectivity index is -0.000000130.